The molecule has 0 aromatic heterocycles. The maximum atomic E-state index is 13.0. The highest BCUT2D eigenvalue weighted by Crippen LogP contribution is 2.38. The van der Waals surface area contributed by atoms with Crippen LogP contribution in [-0.4, -0.2) is 37.0 Å². The fourth-order valence-electron chi connectivity index (χ4n) is 3.37. The molecule has 9 heteroatoms. The summed E-state index contributed by atoms with van der Waals surface area (Å²) in [7, 11) is 0. The summed E-state index contributed by atoms with van der Waals surface area (Å²) in [6.45, 7) is 3.06. The van der Waals surface area contributed by atoms with Gasteiger partial charge in [-0.1, -0.05) is 32.6 Å². The molecule has 1 heterocycles. The summed E-state index contributed by atoms with van der Waals surface area (Å²) in [5.74, 6) is -0.0128. The summed E-state index contributed by atoms with van der Waals surface area (Å²) < 4.78 is 78.2. The molecule has 1 aromatic rings. The number of anilines is 1. The quantitative estimate of drug-likeness (QED) is 0.412. The average Bonchev–Trinajstić information content (AvgIpc) is 2.66. The summed E-state index contributed by atoms with van der Waals surface area (Å²) in [4.78, 5) is 15.4. The lowest BCUT2D eigenvalue weighted by molar-refractivity contribution is -0.143. The zero-order chi connectivity index (χ0) is 21.7. The van der Waals surface area contributed by atoms with Gasteiger partial charge in [-0.25, -0.2) is 0 Å². The topological polar surface area (TPSA) is 23.6 Å². The lowest BCUT2D eigenvalue weighted by Crippen LogP contribution is -2.48. The second kappa shape index (κ2) is 9.71. The molecule has 3 nitrogen and oxygen atoms in total. The van der Waals surface area contributed by atoms with Crippen molar-refractivity contribution in [2.24, 2.45) is 0 Å². The van der Waals surface area contributed by atoms with Gasteiger partial charge in [0.1, 0.15) is 0 Å². The summed E-state index contributed by atoms with van der Waals surface area (Å²) in [6, 6.07) is 1.60. The Morgan fingerprint density at radius 2 is 1.34 bits per heavy atom. The first kappa shape index (κ1) is 23.3. The number of halogens is 6. The Bertz CT molecular complexity index is 646. The van der Waals surface area contributed by atoms with Crippen molar-refractivity contribution < 1.29 is 31.1 Å². The van der Waals surface area contributed by atoms with E-state index in [0.717, 1.165) is 44.2 Å². The van der Waals surface area contributed by atoms with Crippen molar-refractivity contribution in [3.8, 4) is 0 Å². The molecule has 0 N–H and O–H groups in total. The number of unbranched alkanes of at least 4 members (excludes halogenated alkanes) is 4. The third kappa shape index (κ3) is 6.82. The fourth-order valence-corrected chi connectivity index (χ4v) is 3.37. The van der Waals surface area contributed by atoms with Crippen molar-refractivity contribution in [1.29, 1.82) is 0 Å². The molecular formula is C20H26F6N2O. The summed E-state index contributed by atoms with van der Waals surface area (Å²) in [6.07, 6.45) is -4.23. The largest absolute Gasteiger partial charge is 0.416 e. The van der Waals surface area contributed by atoms with Crippen molar-refractivity contribution in [2.75, 3.05) is 31.1 Å². The maximum absolute atomic E-state index is 13.0. The predicted octanol–water partition coefficient (Wildman–Crippen LogP) is 5.73. The molecule has 0 unspecified atom stereocenters. The molecule has 0 radical (unpaired) electrons. The fraction of sp³-hybridized carbons (Fsp3) is 0.650. The number of carbonyl (C=O) groups excluding carboxylic acids is 1. The third-order valence-electron chi connectivity index (χ3n) is 5.06. The Labute approximate surface area is 166 Å². The van der Waals surface area contributed by atoms with Crippen molar-refractivity contribution in [3.63, 3.8) is 0 Å². The molecule has 2 rings (SSSR count). The number of rotatable bonds is 7. The van der Waals surface area contributed by atoms with Crippen molar-refractivity contribution in [3.05, 3.63) is 29.3 Å². The minimum Gasteiger partial charge on any atom is -0.368 e. The van der Waals surface area contributed by atoms with Crippen LogP contribution in [0, 0.1) is 0 Å². The number of hydrogen-bond acceptors (Lipinski definition) is 2. The molecule has 0 aliphatic carbocycles. The van der Waals surface area contributed by atoms with Gasteiger partial charge in [0.25, 0.3) is 0 Å². The van der Waals surface area contributed by atoms with Gasteiger partial charge < -0.3 is 9.80 Å². The molecule has 1 aromatic carbocycles. The minimum atomic E-state index is -4.87. The molecule has 1 aliphatic heterocycles. The highest BCUT2D eigenvalue weighted by atomic mass is 19.4. The summed E-state index contributed by atoms with van der Waals surface area (Å²) >= 11 is 0. The van der Waals surface area contributed by atoms with E-state index < -0.39 is 23.5 Å². The van der Waals surface area contributed by atoms with Gasteiger partial charge in [-0.15, -0.1) is 0 Å². The zero-order valence-electron chi connectivity index (χ0n) is 16.4. The lowest BCUT2D eigenvalue weighted by atomic mass is 10.1. The molecule has 1 aliphatic rings. The monoisotopic (exact) mass is 424 g/mol. The van der Waals surface area contributed by atoms with E-state index in [2.05, 4.69) is 6.92 Å². The van der Waals surface area contributed by atoms with E-state index in [4.69, 9.17) is 0 Å². The van der Waals surface area contributed by atoms with E-state index in [1.54, 1.807) is 4.90 Å². The Kier molecular flexibility index (Phi) is 7.82. The van der Waals surface area contributed by atoms with Crippen LogP contribution in [0.4, 0.5) is 32.0 Å². The highest BCUT2D eigenvalue weighted by Gasteiger charge is 2.37. The zero-order valence-corrected chi connectivity index (χ0v) is 16.4. The normalized spacial score (nSPS) is 15.7. The summed E-state index contributed by atoms with van der Waals surface area (Å²) in [5.41, 5.74) is -2.78. The molecule has 29 heavy (non-hydrogen) atoms. The number of carbonyl (C=O) groups is 1. The maximum Gasteiger partial charge on any atom is 0.416 e. The van der Waals surface area contributed by atoms with Crippen molar-refractivity contribution in [1.82, 2.24) is 4.90 Å². The van der Waals surface area contributed by atoms with Crippen LogP contribution >= 0.6 is 0 Å². The number of amides is 1. The number of hydrogen-bond donors (Lipinski definition) is 0. The van der Waals surface area contributed by atoms with E-state index in [-0.39, 0.29) is 43.8 Å². The Morgan fingerprint density at radius 3 is 1.83 bits per heavy atom. The van der Waals surface area contributed by atoms with Crippen molar-refractivity contribution in [2.45, 2.75) is 57.8 Å². The Balaban J connectivity index is 2.00. The first-order valence-corrected chi connectivity index (χ1v) is 9.84. The molecule has 0 saturated carbocycles. The highest BCUT2D eigenvalue weighted by molar-refractivity contribution is 5.76. The molecule has 1 fully saturated rings. The molecule has 1 amide bonds. The van der Waals surface area contributed by atoms with Gasteiger partial charge in [-0.3, -0.25) is 4.79 Å². The van der Waals surface area contributed by atoms with Gasteiger partial charge in [-0.05, 0) is 24.6 Å². The van der Waals surface area contributed by atoms with Gasteiger partial charge in [-0.2, -0.15) is 26.3 Å². The average molecular weight is 424 g/mol. The van der Waals surface area contributed by atoms with Crippen LogP contribution in [0.5, 0.6) is 0 Å². The van der Waals surface area contributed by atoms with Gasteiger partial charge in [0.15, 0.2) is 0 Å². The number of piperazine rings is 1. The van der Waals surface area contributed by atoms with Crippen LogP contribution in [0.15, 0.2) is 18.2 Å². The van der Waals surface area contributed by atoms with Crippen LogP contribution in [0.25, 0.3) is 0 Å². The molecular weight excluding hydrogens is 398 g/mol. The third-order valence-corrected chi connectivity index (χ3v) is 5.06. The van der Waals surface area contributed by atoms with Gasteiger partial charge >= 0.3 is 12.4 Å². The summed E-state index contributed by atoms with van der Waals surface area (Å²) in [5, 5.41) is 0. The first-order valence-electron chi connectivity index (χ1n) is 9.84. The van der Waals surface area contributed by atoms with Crippen LogP contribution in [0.2, 0.25) is 0 Å². The lowest BCUT2D eigenvalue weighted by Gasteiger charge is -2.36. The smallest absolute Gasteiger partial charge is 0.368 e. The molecule has 0 atom stereocenters. The second-order valence-corrected chi connectivity index (χ2v) is 7.30. The number of benzene rings is 1. The molecule has 0 bridgehead atoms. The van der Waals surface area contributed by atoms with E-state index >= 15 is 0 Å². The first-order chi connectivity index (χ1) is 13.5. The van der Waals surface area contributed by atoms with E-state index in [0.29, 0.717) is 6.42 Å². The van der Waals surface area contributed by atoms with Gasteiger partial charge in [0, 0.05) is 38.3 Å². The van der Waals surface area contributed by atoms with Gasteiger partial charge in [0.05, 0.1) is 11.1 Å². The van der Waals surface area contributed by atoms with Crippen LogP contribution in [0.1, 0.15) is 56.6 Å². The molecule has 0 spiro atoms. The minimum absolute atomic E-state index is 0.0128. The van der Waals surface area contributed by atoms with Crippen molar-refractivity contribution >= 4 is 11.6 Å². The van der Waals surface area contributed by atoms with E-state index in [1.165, 1.54) is 4.90 Å². The number of alkyl halides is 6. The predicted molar refractivity (Wildman–Crippen MR) is 98.6 cm³/mol. The second-order valence-electron chi connectivity index (χ2n) is 7.30. The van der Waals surface area contributed by atoms with Crippen LogP contribution in [0.3, 0.4) is 0 Å². The molecule has 164 valence electrons. The van der Waals surface area contributed by atoms with Gasteiger partial charge in [0.2, 0.25) is 5.91 Å². The standard InChI is InChI=1S/C20H26F6N2O/c1-2-3-4-5-6-7-18(29)28-10-8-27(9-11-28)17-13-15(19(21,22)23)12-16(14-17)20(24,25)26/h12-14H,2-11H2,1H3. The van der Waals surface area contributed by atoms with E-state index in [9.17, 15) is 31.1 Å². The van der Waals surface area contributed by atoms with Crippen LogP contribution < -0.4 is 4.90 Å². The number of nitrogens with zero attached hydrogens (tertiary/aromatic N) is 2. The van der Waals surface area contributed by atoms with E-state index in [1.807, 2.05) is 0 Å². The Morgan fingerprint density at radius 1 is 0.828 bits per heavy atom. The molecule has 1 saturated heterocycles. The van der Waals surface area contributed by atoms with Crippen LogP contribution in [-0.2, 0) is 17.1 Å². The Hall–Kier alpha value is -1.93. The SMILES string of the molecule is CCCCCCCC(=O)N1CCN(c2cc(C(F)(F)F)cc(C(F)(F)F)c2)CC1.